The Morgan fingerprint density at radius 1 is 1.00 bits per heavy atom. The Labute approximate surface area is 180 Å². The summed E-state index contributed by atoms with van der Waals surface area (Å²) in [6, 6.07) is 14.6. The van der Waals surface area contributed by atoms with Gasteiger partial charge in [0.15, 0.2) is 5.76 Å². The molecule has 3 aromatic rings. The van der Waals surface area contributed by atoms with E-state index in [0.717, 1.165) is 5.56 Å². The number of hydrogen-bond donors (Lipinski definition) is 3. The standard InChI is InChI=1S/C22H23N3O5S/c1-3-24-31(28,29)18-11-6-15(2)19(13-18)21(26)23-14-16-7-9-17(10-8-16)25-22(27)20-5-4-12-30-20/h4-13,24H,3,14H2,1-2H3,(H,23,26)(H,25,27). The molecule has 2 aromatic carbocycles. The summed E-state index contributed by atoms with van der Waals surface area (Å²) < 4.78 is 31.9. The van der Waals surface area contributed by atoms with Gasteiger partial charge in [0, 0.05) is 24.3 Å². The first-order chi connectivity index (χ1) is 14.8. The van der Waals surface area contributed by atoms with Gasteiger partial charge in [-0.05, 0) is 54.4 Å². The molecule has 31 heavy (non-hydrogen) atoms. The molecular weight excluding hydrogens is 418 g/mol. The zero-order valence-electron chi connectivity index (χ0n) is 17.1. The first-order valence-electron chi connectivity index (χ1n) is 9.62. The third-order valence-corrected chi connectivity index (χ3v) is 6.05. The summed E-state index contributed by atoms with van der Waals surface area (Å²) in [7, 11) is -3.65. The van der Waals surface area contributed by atoms with Gasteiger partial charge in [0.05, 0.1) is 11.2 Å². The van der Waals surface area contributed by atoms with Gasteiger partial charge >= 0.3 is 0 Å². The highest BCUT2D eigenvalue weighted by Gasteiger charge is 2.17. The van der Waals surface area contributed by atoms with Crippen LogP contribution >= 0.6 is 0 Å². The van der Waals surface area contributed by atoms with Crippen LogP contribution in [-0.2, 0) is 16.6 Å². The highest BCUT2D eigenvalue weighted by Crippen LogP contribution is 2.16. The van der Waals surface area contributed by atoms with Crippen LogP contribution in [0.4, 0.5) is 5.69 Å². The van der Waals surface area contributed by atoms with Crippen LogP contribution in [0.3, 0.4) is 0 Å². The highest BCUT2D eigenvalue weighted by atomic mass is 32.2. The van der Waals surface area contributed by atoms with Crippen molar-refractivity contribution in [1.82, 2.24) is 10.0 Å². The summed E-state index contributed by atoms with van der Waals surface area (Å²) in [4.78, 5) is 24.7. The maximum atomic E-state index is 12.6. The maximum Gasteiger partial charge on any atom is 0.291 e. The van der Waals surface area contributed by atoms with Crippen molar-refractivity contribution in [2.45, 2.75) is 25.3 Å². The van der Waals surface area contributed by atoms with Crippen molar-refractivity contribution in [1.29, 1.82) is 0 Å². The number of furan rings is 1. The molecular formula is C22H23N3O5S. The van der Waals surface area contributed by atoms with E-state index in [1.54, 1.807) is 56.3 Å². The Bertz CT molecular complexity index is 1170. The van der Waals surface area contributed by atoms with Crippen molar-refractivity contribution in [2.24, 2.45) is 0 Å². The molecule has 3 N–H and O–H groups in total. The molecule has 0 bridgehead atoms. The lowest BCUT2D eigenvalue weighted by molar-refractivity contribution is 0.0949. The van der Waals surface area contributed by atoms with Crippen molar-refractivity contribution < 1.29 is 22.4 Å². The van der Waals surface area contributed by atoms with Crippen LogP contribution in [0, 0.1) is 6.92 Å². The number of aryl methyl sites for hydroxylation is 1. The Kier molecular flexibility index (Phi) is 6.88. The van der Waals surface area contributed by atoms with E-state index in [1.807, 2.05) is 0 Å². The lowest BCUT2D eigenvalue weighted by Crippen LogP contribution is -2.26. The van der Waals surface area contributed by atoms with E-state index in [1.165, 1.54) is 18.4 Å². The summed E-state index contributed by atoms with van der Waals surface area (Å²) >= 11 is 0. The third kappa shape index (κ3) is 5.59. The Balaban J connectivity index is 1.63. The number of rotatable bonds is 8. The lowest BCUT2D eigenvalue weighted by atomic mass is 10.1. The van der Waals surface area contributed by atoms with Gasteiger partial charge in [-0.2, -0.15) is 0 Å². The van der Waals surface area contributed by atoms with E-state index >= 15 is 0 Å². The molecule has 162 valence electrons. The van der Waals surface area contributed by atoms with Gasteiger partial charge in [-0.15, -0.1) is 0 Å². The first-order valence-corrected chi connectivity index (χ1v) is 11.1. The molecule has 0 aliphatic rings. The fourth-order valence-corrected chi connectivity index (χ4v) is 3.94. The van der Waals surface area contributed by atoms with Gasteiger partial charge in [0.1, 0.15) is 0 Å². The van der Waals surface area contributed by atoms with Crippen molar-refractivity contribution in [3.05, 3.63) is 83.3 Å². The maximum absolute atomic E-state index is 12.6. The number of nitrogens with one attached hydrogen (secondary N) is 3. The van der Waals surface area contributed by atoms with Crippen molar-refractivity contribution in [2.75, 3.05) is 11.9 Å². The molecule has 2 amide bonds. The second kappa shape index (κ2) is 9.59. The van der Waals surface area contributed by atoms with Crippen LogP contribution in [0.15, 0.2) is 70.2 Å². The molecule has 0 aliphatic heterocycles. The van der Waals surface area contributed by atoms with Crippen LogP contribution in [0.1, 0.15) is 39.0 Å². The fourth-order valence-electron chi connectivity index (χ4n) is 2.87. The van der Waals surface area contributed by atoms with Gasteiger partial charge in [-0.25, -0.2) is 13.1 Å². The largest absolute Gasteiger partial charge is 0.459 e. The average Bonchev–Trinajstić information content (AvgIpc) is 3.28. The fraction of sp³-hybridized carbons (Fsp3) is 0.182. The normalized spacial score (nSPS) is 11.2. The van der Waals surface area contributed by atoms with Gasteiger partial charge in [0.25, 0.3) is 11.8 Å². The molecule has 0 saturated heterocycles. The summed E-state index contributed by atoms with van der Waals surface area (Å²) in [5.74, 6) is -0.514. The number of amides is 2. The van der Waals surface area contributed by atoms with Crippen molar-refractivity contribution in [3.63, 3.8) is 0 Å². The molecule has 0 unspecified atom stereocenters. The zero-order valence-corrected chi connectivity index (χ0v) is 18.0. The first kappa shape index (κ1) is 22.3. The molecule has 3 rings (SSSR count). The SMILES string of the molecule is CCNS(=O)(=O)c1ccc(C)c(C(=O)NCc2ccc(NC(=O)c3ccco3)cc2)c1. The van der Waals surface area contributed by atoms with Crippen molar-refractivity contribution in [3.8, 4) is 0 Å². The van der Waals surface area contributed by atoms with Gasteiger partial charge in [-0.1, -0.05) is 25.1 Å². The molecule has 0 spiro atoms. The minimum absolute atomic E-state index is 0.0433. The molecule has 8 nitrogen and oxygen atoms in total. The topological polar surface area (TPSA) is 118 Å². The number of benzene rings is 2. The number of carbonyl (C=O) groups is 2. The number of anilines is 1. The predicted octanol–water partition coefficient (Wildman–Crippen LogP) is 3.07. The van der Waals surface area contributed by atoms with Crippen LogP contribution in [0.2, 0.25) is 0 Å². The van der Waals surface area contributed by atoms with Gasteiger partial charge in [-0.3, -0.25) is 9.59 Å². The molecule has 0 aliphatic carbocycles. The summed E-state index contributed by atoms with van der Waals surface area (Å²) in [6.07, 6.45) is 1.42. The van der Waals surface area contributed by atoms with Crippen LogP contribution in [-0.4, -0.2) is 26.8 Å². The summed E-state index contributed by atoms with van der Waals surface area (Å²) in [5.41, 5.74) is 2.37. The zero-order chi connectivity index (χ0) is 22.4. The highest BCUT2D eigenvalue weighted by molar-refractivity contribution is 7.89. The summed E-state index contributed by atoms with van der Waals surface area (Å²) in [6.45, 7) is 3.94. The van der Waals surface area contributed by atoms with Gasteiger partial charge in [0.2, 0.25) is 10.0 Å². The molecule has 0 fully saturated rings. The van der Waals surface area contributed by atoms with Gasteiger partial charge < -0.3 is 15.1 Å². The van der Waals surface area contributed by atoms with E-state index in [0.29, 0.717) is 16.8 Å². The Morgan fingerprint density at radius 3 is 2.39 bits per heavy atom. The van der Waals surface area contributed by atoms with E-state index in [-0.39, 0.29) is 35.6 Å². The van der Waals surface area contributed by atoms with E-state index in [9.17, 15) is 18.0 Å². The van der Waals surface area contributed by atoms with E-state index in [4.69, 9.17) is 4.42 Å². The molecule has 1 heterocycles. The Hall–Kier alpha value is -3.43. The average molecular weight is 442 g/mol. The molecule has 0 saturated carbocycles. The summed E-state index contributed by atoms with van der Waals surface area (Å²) in [5, 5.41) is 5.51. The second-order valence-corrected chi connectivity index (χ2v) is 8.56. The third-order valence-electron chi connectivity index (χ3n) is 4.51. The minimum atomic E-state index is -3.65. The number of carbonyl (C=O) groups excluding carboxylic acids is 2. The van der Waals surface area contributed by atoms with E-state index < -0.39 is 10.0 Å². The molecule has 1 aromatic heterocycles. The molecule has 0 atom stereocenters. The second-order valence-electron chi connectivity index (χ2n) is 6.79. The predicted molar refractivity (Wildman–Crippen MR) is 116 cm³/mol. The quantitative estimate of drug-likeness (QED) is 0.497. The Morgan fingerprint density at radius 2 is 1.74 bits per heavy atom. The smallest absolute Gasteiger partial charge is 0.291 e. The minimum Gasteiger partial charge on any atom is -0.459 e. The monoisotopic (exact) mass is 441 g/mol. The number of hydrogen-bond acceptors (Lipinski definition) is 5. The van der Waals surface area contributed by atoms with Crippen LogP contribution < -0.4 is 15.4 Å². The number of sulfonamides is 1. The molecule has 0 radical (unpaired) electrons. The van der Waals surface area contributed by atoms with Crippen LogP contribution in [0.25, 0.3) is 0 Å². The molecule has 9 heteroatoms. The van der Waals surface area contributed by atoms with E-state index in [2.05, 4.69) is 15.4 Å². The van der Waals surface area contributed by atoms with Crippen molar-refractivity contribution >= 4 is 27.5 Å². The van der Waals surface area contributed by atoms with Crippen LogP contribution in [0.5, 0.6) is 0 Å². The lowest BCUT2D eigenvalue weighted by Gasteiger charge is -2.11.